The molecule has 1 aromatic carbocycles. The third kappa shape index (κ3) is 4.14. The van der Waals surface area contributed by atoms with Crippen LogP contribution in [0, 0.1) is 0 Å². The van der Waals surface area contributed by atoms with E-state index in [0.29, 0.717) is 42.6 Å². The van der Waals surface area contributed by atoms with E-state index in [1.807, 2.05) is 25.7 Å². The summed E-state index contributed by atoms with van der Waals surface area (Å²) in [5.41, 5.74) is 3.80. The highest BCUT2D eigenvalue weighted by Crippen LogP contribution is 2.40. The Bertz CT molecular complexity index is 652. The minimum Gasteiger partial charge on any atom is -0.490 e. The zero-order valence-electron chi connectivity index (χ0n) is 16.1. The topological polar surface area (TPSA) is 48.0 Å². The molecule has 5 nitrogen and oxygen atoms in total. The molecule has 142 valence electrons. The maximum atomic E-state index is 13.0. The summed E-state index contributed by atoms with van der Waals surface area (Å²) in [5, 5.41) is 0. The summed E-state index contributed by atoms with van der Waals surface area (Å²) in [4.78, 5) is 15.0. The summed E-state index contributed by atoms with van der Waals surface area (Å²) < 4.78 is 17.2. The fourth-order valence-corrected chi connectivity index (χ4v) is 3.44. The van der Waals surface area contributed by atoms with Gasteiger partial charge in [-0.15, -0.1) is 0 Å². The predicted octanol–water partition coefficient (Wildman–Crippen LogP) is 4.21. The average molecular weight is 359 g/mol. The molecule has 0 bridgehead atoms. The summed E-state index contributed by atoms with van der Waals surface area (Å²) in [6.07, 6.45) is 4.54. The minimum absolute atomic E-state index is 0.0369. The van der Waals surface area contributed by atoms with Gasteiger partial charge in [0.05, 0.1) is 19.8 Å². The first kappa shape index (κ1) is 18.6. The number of piperidine rings is 1. The van der Waals surface area contributed by atoms with Crippen molar-refractivity contribution in [3.05, 3.63) is 28.8 Å². The normalized spacial score (nSPS) is 16.5. The second kappa shape index (κ2) is 8.47. The maximum absolute atomic E-state index is 13.0. The second-order valence-electron chi connectivity index (χ2n) is 6.60. The molecule has 0 spiro atoms. The molecule has 1 amide bonds. The molecule has 0 unspecified atom stereocenters. The molecule has 1 aliphatic heterocycles. The monoisotopic (exact) mass is 359 g/mol. The van der Waals surface area contributed by atoms with Crippen LogP contribution >= 0.6 is 0 Å². The third-order valence-corrected chi connectivity index (χ3v) is 4.81. The van der Waals surface area contributed by atoms with Crippen molar-refractivity contribution in [2.75, 3.05) is 32.9 Å². The third-order valence-electron chi connectivity index (χ3n) is 4.81. The fraction of sp³-hybridized carbons (Fsp3) is 0.571. The van der Waals surface area contributed by atoms with E-state index in [1.54, 1.807) is 23.3 Å². The van der Waals surface area contributed by atoms with Gasteiger partial charge in [-0.25, -0.2) is 0 Å². The number of carbonyl (C=O) groups excluding carboxylic acids is 1. The molecule has 1 saturated heterocycles. The van der Waals surface area contributed by atoms with E-state index < -0.39 is 0 Å². The first-order valence-corrected chi connectivity index (χ1v) is 9.73. The standard InChI is InChI=1S/C21H29NO4/c1-4-24-18-13-17(14-19(25-5-2)20(18)26-6-3)21(23)22-11-9-16(10-12-22)15-7-8-15/h13-14H,4-12H2,1-3H3. The van der Waals surface area contributed by atoms with Crippen LogP contribution in [0.5, 0.6) is 17.2 Å². The average Bonchev–Trinajstić information content (AvgIpc) is 3.49. The van der Waals surface area contributed by atoms with Gasteiger partial charge in [-0.05, 0) is 58.6 Å². The van der Waals surface area contributed by atoms with Crippen LogP contribution in [0.15, 0.2) is 23.3 Å². The Balaban J connectivity index is 1.83. The van der Waals surface area contributed by atoms with E-state index in [4.69, 9.17) is 14.2 Å². The van der Waals surface area contributed by atoms with Gasteiger partial charge in [-0.2, -0.15) is 0 Å². The summed E-state index contributed by atoms with van der Waals surface area (Å²) in [5.74, 6) is 1.75. The molecule has 1 heterocycles. The molecular formula is C21H29NO4. The number of likely N-dealkylation sites (tertiary alicyclic amines) is 1. The highest BCUT2D eigenvalue weighted by molar-refractivity contribution is 5.95. The Hall–Kier alpha value is -2.17. The Morgan fingerprint density at radius 1 is 0.846 bits per heavy atom. The van der Waals surface area contributed by atoms with Gasteiger partial charge in [0.2, 0.25) is 5.75 Å². The first-order chi connectivity index (χ1) is 12.7. The van der Waals surface area contributed by atoms with Crippen LogP contribution < -0.4 is 14.2 Å². The summed E-state index contributed by atoms with van der Waals surface area (Å²) >= 11 is 0. The van der Waals surface area contributed by atoms with Gasteiger partial charge in [-0.3, -0.25) is 4.79 Å². The largest absolute Gasteiger partial charge is 0.490 e. The van der Waals surface area contributed by atoms with E-state index in [2.05, 4.69) is 0 Å². The van der Waals surface area contributed by atoms with Crippen LogP contribution in [0.25, 0.3) is 0 Å². The van der Waals surface area contributed by atoms with Gasteiger partial charge in [0.15, 0.2) is 11.5 Å². The molecule has 0 radical (unpaired) electrons. The molecule has 3 rings (SSSR count). The van der Waals surface area contributed by atoms with E-state index in [-0.39, 0.29) is 5.91 Å². The second-order valence-corrected chi connectivity index (χ2v) is 6.60. The molecule has 5 heteroatoms. The Morgan fingerprint density at radius 3 is 1.81 bits per heavy atom. The van der Waals surface area contributed by atoms with E-state index >= 15 is 0 Å². The zero-order valence-corrected chi connectivity index (χ0v) is 16.1. The molecular weight excluding hydrogens is 330 g/mol. The van der Waals surface area contributed by atoms with E-state index in [9.17, 15) is 4.79 Å². The molecule has 0 atom stereocenters. The summed E-state index contributed by atoms with van der Waals surface area (Å²) in [7, 11) is 0. The fourth-order valence-electron chi connectivity index (χ4n) is 3.44. The van der Waals surface area contributed by atoms with Crippen LogP contribution in [-0.4, -0.2) is 43.7 Å². The van der Waals surface area contributed by atoms with Crippen LogP contribution in [0.3, 0.4) is 0 Å². The smallest absolute Gasteiger partial charge is 0.254 e. The van der Waals surface area contributed by atoms with Gasteiger partial charge in [0.25, 0.3) is 5.91 Å². The number of allylic oxidation sites excluding steroid dienone is 1. The Morgan fingerprint density at radius 2 is 1.35 bits per heavy atom. The highest BCUT2D eigenvalue weighted by atomic mass is 16.5. The number of carbonyl (C=O) groups is 1. The minimum atomic E-state index is 0.0369. The van der Waals surface area contributed by atoms with Crippen molar-refractivity contribution in [3.8, 4) is 17.2 Å². The molecule has 1 aliphatic carbocycles. The van der Waals surface area contributed by atoms with Crippen molar-refractivity contribution < 1.29 is 19.0 Å². The Kier molecular flexibility index (Phi) is 6.07. The summed E-state index contributed by atoms with van der Waals surface area (Å²) in [6, 6.07) is 3.57. The molecule has 2 aliphatic rings. The number of amides is 1. The zero-order chi connectivity index (χ0) is 18.5. The first-order valence-electron chi connectivity index (χ1n) is 9.73. The van der Waals surface area contributed by atoms with Gasteiger partial charge < -0.3 is 19.1 Å². The van der Waals surface area contributed by atoms with Crippen LogP contribution in [0.2, 0.25) is 0 Å². The number of ether oxygens (including phenoxy) is 3. The van der Waals surface area contributed by atoms with Crippen molar-refractivity contribution in [3.63, 3.8) is 0 Å². The number of hydrogen-bond donors (Lipinski definition) is 0. The number of benzene rings is 1. The lowest BCUT2D eigenvalue weighted by molar-refractivity contribution is 0.0742. The lowest BCUT2D eigenvalue weighted by atomic mass is 10.0. The SMILES string of the molecule is CCOc1cc(C(=O)N2CCC(=C3CC3)CC2)cc(OCC)c1OCC. The van der Waals surface area contributed by atoms with Crippen LogP contribution in [0.1, 0.15) is 56.8 Å². The summed E-state index contributed by atoms with van der Waals surface area (Å²) in [6.45, 7) is 8.86. The van der Waals surface area contributed by atoms with Crippen molar-refractivity contribution in [2.24, 2.45) is 0 Å². The van der Waals surface area contributed by atoms with Gasteiger partial charge in [0.1, 0.15) is 0 Å². The predicted molar refractivity (Wildman–Crippen MR) is 101 cm³/mol. The lowest BCUT2D eigenvalue weighted by Gasteiger charge is -2.29. The molecule has 0 N–H and O–H groups in total. The van der Waals surface area contributed by atoms with Crippen molar-refractivity contribution in [1.29, 1.82) is 0 Å². The number of hydrogen-bond acceptors (Lipinski definition) is 4. The molecule has 1 aromatic rings. The number of rotatable bonds is 7. The van der Waals surface area contributed by atoms with E-state index in [0.717, 1.165) is 25.9 Å². The van der Waals surface area contributed by atoms with Crippen molar-refractivity contribution in [1.82, 2.24) is 4.90 Å². The Labute approximate surface area is 155 Å². The van der Waals surface area contributed by atoms with Gasteiger partial charge in [-0.1, -0.05) is 11.1 Å². The molecule has 1 saturated carbocycles. The maximum Gasteiger partial charge on any atom is 0.254 e. The lowest BCUT2D eigenvalue weighted by Crippen LogP contribution is -2.36. The van der Waals surface area contributed by atoms with Crippen LogP contribution in [0.4, 0.5) is 0 Å². The van der Waals surface area contributed by atoms with Gasteiger partial charge in [0, 0.05) is 18.7 Å². The van der Waals surface area contributed by atoms with Crippen molar-refractivity contribution in [2.45, 2.75) is 46.5 Å². The quantitative estimate of drug-likeness (QED) is 0.684. The molecule has 2 fully saturated rings. The van der Waals surface area contributed by atoms with Gasteiger partial charge >= 0.3 is 0 Å². The van der Waals surface area contributed by atoms with Crippen molar-refractivity contribution >= 4 is 5.91 Å². The van der Waals surface area contributed by atoms with Crippen LogP contribution in [-0.2, 0) is 0 Å². The van der Waals surface area contributed by atoms with E-state index in [1.165, 1.54) is 12.8 Å². The highest BCUT2D eigenvalue weighted by Gasteiger charge is 2.26. The number of nitrogens with zero attached hydrogens (tertiary/aromatic N) is 1. The molecule has 0 aromatic heterocycles. The molecule has 26 heavy (non-hydrogen) atoms.